The second-order valence-electron chi connectivity index (χ2n) is 5.90. The number of nitrogens with zero attached hydrogens (tertiary/aromatic N) is 3. The van der Waals surface area contributed by atoms with Gasteiger partial charge in [-0.05, 0) is 18.3 Å². The van der Waals surface area contributed by atoms with Crippen molar-refractivity contribution in [1.82, 2.24) is 9.80 Å². The average molecular weight is 256 g/mol. The molecule has 0 saturated carbocycles. The molecule has 1 saturated heterocycles. The van der Waals surface area contributed by atoms with Gasteiger partial charge >= 0.3 is 0 Å². The third kappa shape index (κ3) is 5.69. The molecular formula is C13H28N4O. The molecule has 1 atom stereocenters. The van der Waals surface area contributed by atoms with Crippen molar-refractivity contribution in [1.29, 1.82) is 0 Å². The minimum Gasteiger partial charge on any atom is -0.409 e. The first kappa shape index (κ1) is 15.2. The van der Waals surface area contributed by atoms with Crippen LogP contribution in [0.4, 0.5) is 0 Å². The topological polar surface area (TPSA) is 65.1 Å². The molecule has 0 radical (unpaired) electrons. The van der Waals surface area contributed by atoms with Crippen molar-refractivity contribution in [2.45, 2.75) is 27.2 Å². The first-order valence-corrected chi connectivity index (χ1v) is 6.92. The van der Waals surface area contributed by atoms with Crippen LogP contribution in [0.5, 0.6) is 0 Å². The summed E-state index contributed by atoms with van der Waals surface area (Å²) >= 11 is 0. The van der Waals surface area contributed by atoms with Crippen LogP contribution in [0.3, 0.4) is 0 Å². The predicted molar refractivity (Wildman–Crippen MR) is 74.9 cm³/mol. The summed E-state index contributed by atoms with van der Waals surface area (Å²) < 4.78 is 0. The van der Waals surface area contributed by atoms with Crippen molar-refractivity contribution in [3.05, 3.63) is 0 Å². The normalized spacial score (nSPS) is 21.4. The van der Waals surface area contributed by atoms with E-state index < -0.39 is 0 Å². The van der Waals surface area contributed by atoms with E-state index in [9.17, 15) is 0 Å². The molecule has 106 valence electrons. The summed E-state index contributed by atoms with van der Waals surface area (Å²) in [5.74, 6) is 1.85. The maximum absolute atomic E-state index is 8.55. The molecule has 0 aromatic carbocycles. The Bertz CT molecular complexity index is 260. The molecule has 1 heterocycles. The minimum absolute atomic E-state index is 0.302. The monoisotopic (exact) mass is 256 g/mol. The van der Waals surface area contributed by atoms with Gasteiger partial charge in [0.2, 0.25) is 0 Å². The van der Waals surface area contributed by atoms with E-state index in [4.69, 9.17) is 10.9 Å². The van der Waals surface area contributed by atoms with E-state index in [1.807, 2.05) is 0 Å². The van der Waals surface area contributed by atoms with Gasteiger partial charge in [0.25, 0.3) is 0 Å². The Kier molecular flexibility index (Phi) is 6.43. The fraction of sp³-hybridized carbons (Fsp3) is 0.923. The van der Waals surface area contributed by atoms with Crippen molar-refractivity contribution >= 4 is 5.84 Å². The zero-order chi connectivity index (χ0) is 13.5. The fourth-order valence-electron chi connectivity index (χ4n) is 2.71. The summed E-state index contributed by atoms with van der Waals surface area (Å²) in [5, 5.41) is 11.6. The second kappa shape index (κ2) is 7.59. The molecule has 5 heteroatoms. The highest BCUT2D eigenvalue weighted by Gasteiger charge is 2.19. The van der Waals surface area contributed by atoms with Crippen LogP contribution >= 0.6 is 0 Å². The highest BCUT2D eigenvalue weighted by atomic mass is 16.4. The summed E-state index contributed by atoms with van der Waals surface area (Å²) in [7, 11) is 0. The summed E-state index contributed by atoms with van der Waals surface area (Å²) in [6.45, 7) is 12.8. The van der Waals surface area contributed by atoms with Gasteiger partial charge in [0.1, 0.15) is 0 Å². The Hall–Kier alpha value is -0.810. The molecule has 1 aliphatic heterocycles. The maximum Gasteiger partial charge on any atom is 0.153 e. The lowest BCUT2D eigenvalue weighted by atomic mass is 9.98. The van der Waals surface area contributed by atoms with Crippen molar-refractivity contribution < 1.29 is 5.21 Å². The van der Waals surface area contributed by atoms with E-state index >= 15 is 0 Å². The van der Waals surface area contributed by atoms with E-state index in [0.717, 1.165) is 38.0 Å². The zero-order valence-electron chi connectivity index (χ0n) is 12.0. The highest BCUT2D eigenvalue weighted by Crippen LogP contribution is 2.13. The van der Waals surface area contributed by atoms with Gasteiger partial charge in [-0.2, -0.15) is 0 Å². The van der Waals surface area contributed by atoms with Gasteiger partial charge in [0.05, 0.1) is 6.54 Å². The van der Waals surface area contributed by atoms with Crippen LogP contribution in [-0.2, 0) is 0 Å². The number of amidine groups is 1. The number of piperazine rings is 1. The average Bonchev–Trinajstić information content (AvgIpc) is 2.30. The Morgan fingerprint density at radius 2 is 1.72 bits per heavy atom. The van der Waals surface area contributed by atoms with Crippen LogP contribution in [0.25, 0.3) is 0 Å². The van der Waals surface area contributed by atoms with E-state index in [0.29, 0.717) is 12.4 Å². The van der Waals surface area contributed by atoms with Gasteiger partial charge < -0.3 is 15.8 Å². The van der Waals surface area contributed by atoms with Gasteiger partial charge in [-0.25, -0.2) is 0 Å². The molecule has 0 aliphatic carbocycles. The Labute approximate surface area is 111 Å². The van der Waals surface area contributed by atoms with Crippen molar-refractivity contribution in [3.63, 3.8) is 0 Å². The SMILES string of the molecule is CC(C)CC(C)CN1CCN(CC(N)=NO)CC1. The molecular weight excluding hydrogens is 228 g/mol. The van der Waals surface area contributed by atoms with Crippen LogP contribution in [-0.4, -0.2) is 60.1 Å². The predicted octanol–water partition coefficient (Wildman–Crippen LogP) is 1.03. The molecule has 0 bridgehead atoms. The Morgan fingerprint density at radius 1 is 1.17 bits per heavy atom. The number of oxime groups is 1. The van der Waals surface area contributed by atoms with Crippen LogP contribution < -0.4 is 5.73 Å². The number of hydrogen-bond donors (Lipinski definition) is 2. The summed E-state index contributed by atoms with van der Waals surface area (Å²) in [5.41, 5.74) is 5.52. The zero-order valence-corrected chi connectivity index (χ0v) is 12.0. The van der Waals surface area contributed by atoms with Gasteiger partial charge in [-0.3, -0.25) is 4.90 Å². The lowest BCUT2D eigenvalue weighted by Gasteiger charge is -2.35. The Morgan fingerprint density at radius 3 is 2.22 bits per heavy atom. The van der Waals surface area contributed by atoms with E-state index in [-0.39, 0.29) is 0 Å². The first-order valence-electron chi connectivity index (χ1n) is 6.92. The van der Waals surface area contributed by atoms with Crippen LogP contribution in [0, 0.1) is 11.8 Å². The third-order valence-electron chi connectivity index (χ3n) is 3.42. The third-order valence-corrected chi connectivity index (χ3v) is 3.42. The Balaban J connectivity index is 2.23. The van der Waals surface area contributed by atoms with Crippen LogP contribution in [0.15, 0.2) is 5.16 Å². The van der Waals surface area contributed by atoms with Gasteiger partial charge in [0.15, 0.2) is 5.84 Å². The second-order valence-corrected chi connectivity index (χ2v) is 5.90. The molecule has 0 spiro atoms. The molecule has 18 heavy (non-hydrogen) atoms. The largest absolute Gasteiger partial charge is 0.409 e. The number of rotatable bonds is 6. The lowest BCUT2D eigenvalue weighted by Crippen LogP contribution is -2.49. The molecule has 3 N–H and O–H groups in total. The van der Waals surface area contributed by atoms with Crippen LogP contribution in [0.1, 0.15) is 27.2 Å². The van der Waals surface area contributed by atoms with E-state index in [1.165, 1.54) is 13.0 Å². The molecule has 1 unspecified atom stereocenters. The molecule has 0 aromatic heterocycles. The number of hydrogen-bond acceptors (Lipinski definition) is 4. The van der Waals surface area contributed by atoms with Gasteiger partial charge in [-0.15, -0.1) is 0 Å². The standard InChI is InChI=1S/C13H28N4O/c1-11(2)8-12(3)9-16-4-6-17(7-5-16)10-13(14)15-18/h11-12,18H,4-10H2,1-3H3,(H2,14,15). The molecule has 1 aliphatic rings. The van der Waals surface area contributed by atoms with E-state index in [1.54, 1.807) is 0 Å². The molecule has 1 fully saturated rings. The quantitative estimate of drug-likeness (QED) is 0.322. The maximum atomic E-state index is 8.55. The summed E-state index contributed by atoms with van der Waals surface area (Å²) in [4.78, 5) is 4.76. The molecule has 0 aromatic rings. The lowest BCUT2D eigenvalue weighted by molar-refractivity contribution is 0.126. The highest BCUT2D eigenvalue weighted by molar-refractivity contribution is 5.81. The number of nitrogens with two attached hydrogens (primary N) is 1. The van der Waals surface area contributed by atoms with Crippen molar-refractivity contribution in [3.8, 4) is 0 Å². The van der Waals surface area contributed by atoms with Crippen molar-refractivity contribution in [2.75, 3.05) is 39.3 Å². The van der Waals surface area contributed by atoms with Crippen molar-refractivity contribution in [2.24, 2.45) is 22.7 Å². The summed E-state index contributed by atoms with van der Waals surface area (Å²) in [6.07, 6.45) is 1.30. The van der Waals surface area contributed by atoms with Gasteiger partial charge in [0, 0.05) is 32.7 Å². The van der Waals surface area contributed by atoms with Crippen LogP contribution in [0.2, 0.25) is 0 Å². The fourth-order valence-corrected chi connectivity index (χ4v) is 2.71. The first-order chi connectivity index (χ1) is 8.51. The van der Waals surface area contributed by atoms with E-state index in [2.05, 4.69) is 35.7 Å². The smallest absolute Gasteiger partial charge is 0.153 e. The van der Waals surface area contributed by atoms with Gasteiger partial charge in [-0.1, -0.05) is 25.9 Å². The molecule has 1 rings (SSSR count). The summed E-state index contributed by atoms with van der Waals surface area (Å²) in [6, 6.07) is 0. The minimum atomic E-state index is 0.302. The molecule has 0 amide bonds. The molecule has 5 nitrogen and oxygen atoms in total.